The third-order valence-electron chi connectivity index (χ3n) is 6.16. The monoisotopic (exact) mass is 564 g/mol. The second-order valence-corrected chi connectivity index (χ2v) is 10.6. The van der Waals surface area contributed by atoms with Gasteiger partial charge in [-0.15, -0.1) is 11.6 Å². The van der Waals surface area contributed by atoms with E-state index < -0.39 is 22.5 Å². The molecule has 3 atom stereocenters. The topological polar surface area (TPSA) is 93.7 Å². The Balaban J connectivity index is 2.22. The number of alkyl halides is 2. The van der Waals surface area contributed by atoms with Gasteiger partial charge in [0.05, 0.1) is 13.2 Å². The van der Waals surface area contributed by atoms with E-state index in [0.717, 1.165) is 25.7 Å². The van der Waals surface area contributed by atoms with Gasteiger partial charge < -0.3 is 10.1 Å². The molecule has 0 spiro atoms. The molecule has 0 aromatic heterocycles. The van der Waals surface area contributed by atoms with Crippen molar-refractivity contribution in [1.82, 2.24) is 5.48 Å². The lowest BCUT2D eigenvalue weighted by molar-refractivity contribution is -0.143. The Morgan fingerprint density at radius 3 is 2.16 bits per heavy atom. The number of carbonyl (C=O) groups is 3. The van der Waals surface area contributed by atoms with Crippen LogP contribution in [0.2, 0.25) is 0 Å². The highest BCUT2D eigenvalue weighted by molar-refractivity contribution is 6.60. The Morgan fingerprint density at radius 2 is 1.55 bits per heavy atom. The summed E-state index contributed by atoms with van der Waals surface area (Å²) < 4.78 is 5.13. The molecule has 9 heteroatoms. The number of hydrogen-bond donors (Lipinski definition) is 2. The number of rotatable bonds is 17. The van der Waals surface area contributed by atoms with Crippen LogP contribution in [0.25, 0.3) is 0 Å². The Kier molecular flexibility index (Phi) is 13.6. The number of unbranched alkanes of at least 4 members (excludes halogenated alkanes) is 4. The number of anilines is 1. The predicted molar refractivity (Wildman–Crippen MR) is 152 cm³/mol. The van der Waals surface area contributed by atoms with Crippen LogP contribution in [0.4, 0.5) is 5.69 Å². The predicted octanol–water partition coefficient (Wildman–Crippen LogP) is 6.68. The van der Waals surface area contributed by atoms with Crippen molar-refractivity contribution in [2.45, 2.75) is 81.6 Å². The number of Topliss-reactive ketones (excluding diaryl/α,β-unsaturated/α-hetero) is 1. The fourth-order valence-corrected chi connectivity index (χ4v) is 4.17. The van der Waals surface area contributed by atoms with Gasteiger partial charge in [0.15, 0.2) is 0 Å². The SMILES string of the molecule is CCCCCCCC(CCC(C)Cl)ONC(=O)C(Cl)(C(=O)Nc1ccccc1)C(=O)c1ccc(OC)cc1. The molecule has 0 aliphatic rings. The third-order valence-corrected chi connectivity index (χ3v) is 6.89. The molecular formula is C29H38Cl2N2O5. The fourth-order valence-electron chi connectivity index (χ4n) is 3.85. The van der Waals surface area contributed by atoms with E-state index in [1.165, 1.54) is 25.7 Å². The maximum absolute atomic E-state index is 13.5. The Labute approximate surface area is 235 Å². The number of nitrogens with one attached hydrogen (secondary N) is 2. The maximum Gasteiger partial charge on any atom is 0.282 e. The van der Waals surface area contributed by atoms with Gasteiger partial charge in [-0.25, -0.2) is 5.48 Å². The van der Waals surface area contributed by atoms with E-state index in [0.29, 0.717) is 30.7 Å². The molecule has 0 radical (unpaired) electrons. The van der Waals surface area contributed by atoms with Gasteiger partial charge in [0, 0.05) is 16.6 Å². The summed E-state index contributed by atoms with van der Waals surface area (Å²) in [6.45, 7) is 4.05. The highest BCUT2D eigenvalue weighted by Gasteiger charge is 2.52. The van der Waals surface area contributed by atoms with E-state index in [-0.39, 0.29) is 17.0 Å². The second-order valence-electron chi connectivity index (χ2n) is 9.27. The molecule has 0 saturated carbocycles. The number of ketones is 1. The summed E-state index contributed by atoms with van der Waals surface area (Å²) in [5.74, 6) is -2.43. The van der Waals surface area contributed by atoms with Crippen LogP contribution in [0, 0.1) is 0 Å². The average Bonchev–Trinajstić information content (AvgIpc) is 2.93. The van der Waals surface area contributed by atoms with Crippen LogP contribution >= 0.6 is 23.2 Å². The zero-order valence-electron chi connectivity index (χ0n) is 22.3. The minimum atomic E-state index is -2.62. The normalized spacial score (nSPS) is 14.1. The fraction of sp³-hybridized carbons (Fsp3) is 0.483. The van der Waals surface area contributed by atoms with Gasteiger partial charge in [-0.1, -0.05) is 68.8 Å². The van der Waals surface area contributed by atoms with Gasteiger partial charge in [0.2, 0.25) is 5.78 Å². The van der Waals surface area contributed by atoms with Gasteiger partial charge in [0.25, 0.3) is 16.7 Å². The summed E-state index contributed by atoms with van der Waals surface area (Å²) in [5.41, 5.74) is 2.78. The van der Waals surface area contributed by atoms with Crippen molar-refractivity contribution in [2.75, 3.05) is 12.4 Å². The molecule has 38 heavy (non-hydrogen) atoms. The minimum absolute atomic E-state index is 0.0580. The van der Waals surface area contributed by atoms with Gasteiger partial charge in [-0.2, -0.15) is 0 Å². The van der Waals surface area contributed by atoms with E-state index in [2.05, 4.69) is 17.7 Å². The first-order chi connectivity index (χ1) is 18.2. The van der Waals surface area contributed by atoms with Gasteiger partial charge in [-0.3, -0.25) is 19.2 Å². The molecule has 2 amide bonds. The zero-order chi connectivity index (χ0) is 28.0. The van der Waals surface area contributed by atoms with Crippen LogP contribution in [-0.4, -0.2) is 41.1 Å². The Bertz CT molecular complexity index is 1020. The van der Waals surface area contributed by atoms with Crippen molar-refractivity contribution in [3.05, 3.63) is 60.2 Å². The number of methoxy groups -OCH3 is 1. The lowest BCUT2D eigenvalue weighted by Gasteiger charge is -2.25. The number of hydroxylamine groups is 1. The third kappa shape index (κ3) is 9.61. The molecule has 0 bridgehead atoms. The summed E-state index contributed by atoms with van der Waals surface area (Å²) in [5, 5.41) is 2.51. The van der Waals surface area contributed by atoms with Crippen molar-refractivity contribution in [2.24, 2.45) is 0 Å². The number of hydrogen-bond acceptors (Lipinski definition) is 5. The van der Waals surface area contributed by atoms with Crippen molar-refractivity contribution >= 4 is 46.5 Å². The molecule has 2 N–H and O–H groups in total. The van der Waals surface area contributed by atoms with Gasteiger partial charge in [-0.05, 0) is 62.6 Å². The average molecular weight is 566 g/mol. The summed E-state index contributed by atoms with van der Waals surface area (Å²) in [6.07, 6.45) is 7.06. The first-order valence-corrected chi connectivity index (χ1v) is 13.9. The molecule has 0 aliphatic carbocycles. The number of amides is 2. The Morgan fingerprint density at radius 1 is 0.895 bits per heavy atom. The van der Waals surface area contributed by atoms with E-state index in [4.69, 9.17) is 32.8 Å². The molecule has 2 aromatic rings. The van der Waals surface area contributed by atoms with Crippen LogP contribution in [0.1, 0.15) is 75.6 Å². The van der Waals surface area contributed by atoms with Crippen molar-refractivity contribution in [1.29, 1.82) is 0 Å². The molecule has 2 rings (SSSR count). The summed E-state index contributed by atoms with van der Waals surface area (Å²) in [7, 11) is 1.49. The zero-order valence-corrected chi connectivity index (χ0v) is 23.8. The molecule has 0 saturated heterocycles. The molecule has 7 nitrogen and oxygen atoms in total. The summed E-state index contributed by atoms with van der Waals surface area (Å²) in [4.78, 5) is 43.3. The highest BCUT2D eigenvalue weighted by Crippen LogP contribution is 2.26. The largest absolute Gasteiger partial charge is 0.497 e. The van der Waals surface area contributed by atoms with E-state index >= 15 is 0 Å². The summed E-state index contributed by atoms with van der Waals surface area (Å²) >= 11 is 12.8. The maximum atomic E-state index is 13.5. The number of ether oxygens (including phenoxy) is 1. The minimum Gasteiger partial charge on any atom is -0.497 e. The molecule has 0 heterocycles. The summed E-state index contributed by atoms with van der Waals surface area (Å²) in [6, 6.07) is 14.5. The van der Waals surface area contributed by atoms with E-state index in [1.54, 1.807) is 42.5 Å². The quantitative estimate of drug-likeness (QED) is 0.0734. The standard InChI is InChI=1S/C29H38Cl2N2O5/c1-4-5-6-7-11-14-25(18-15-21(2)30)38-33-28(36)29(31,27(35)32-23-12-9-8-10-13-23)26(34)22-16-19-24(37-3)20-17-22/h8-10,12-13,16-17,19-21,25H,4-7,11,14-15,18H2,1-3H3,(H,32,35)(H,33,36). The van der Waals surface area contributed by atoms with Gasteiger partial charge in [0.1, 0.15) is 5.75 Å². The van der Waals surface area contributed by atoms with Crippen LogP contribution in [0.3, 0.4) is 0 Å². The molecule has 0 aliphatic heterocycles. The first-order valence-electron chi connectivity index (χ1n) is 13.1. The lowest BCUT2D eigenvalue weighted by Crippen LogP contribution is -2.56. The molecule has 208 valence electrons. The number of para-hydroxylation sites is 1. The van der Waals surface area contributed by atoms with Crippen LogP contribution in [-0.2, 0) is 14.4 Å². The smallest absolute Gasteiger partial charge is 0.282 e. The molecular weight excluding hydrogens is 527 g/mol. The van der Waals surface area contributed by atoms with Crippen LogP contribution in [0.5, 0.6) is 5.75 Å². The van der Waals surface area contributed by atoms with Crippen LogP contribution < -0.4 is 15.5 Å². The van der Waals surface area contributed by atoms with E-state index in [9.17, 15) is 14.4 Å². The highest BCUT2D eigenvalue weighted by atomic mass is 35.5. The molecule has 0 fully saturated rings. The van der Waals surface area contributed by atoms with E-state index in [1.807, 2.05) is 6.92 Å². The Hall–Kier alpha value is -2.61. The first kappa shape index (κ1) is 31.6. The number of halogens is 2. The number of carbonyl (C=O) groups excluding carboxylic acids is 3. The van der Waals surface area contributed by atoms with Crippen molar-refractivity contribution < 1.29 is 24.0 Å². The van der Waals surface area contributed by atoms with Crippen molar-refractivity contribution in [3.8, 4) is 5.75 Å². The van der Waals surface area contributed by atoms with Gasteiger partial charge >= 0.3 is 0 Å². The molecule has 3 unspecified atom stereocenters. The lowest BCUT2D eigenvalue weighted by atomic mass is 9.94. The molecule has 2 aromatic carbocycles. The van der Waals surface area contributed by atoms with Crippen molar-refractivity contribution in [3.63, 3.8) is 0 Å². The number of benzene rings is 2. The second kappa shape index (κ2) is 16.4. The van der Waals surface area contributed by atoms with Crippen LogP contribution in [0.15, 0.2) is 54.6 Å².